The van der Waals surface area contributed by atoms with E-state index in [-0.39, 0.29) is 12.0 Å². The maximum Gasteiger partial charge on any atom is 0.317 e. The van der Waals surface area contributed by atoms with Crippen LogP contribution in [0.25, 0.3) is 0 Å². The average Bonchev–Trinajstić information content (AvgIpc) is 2.91. The summed E-state index contributed by atoms with van der Waals surface area (Å²) in [5, 5.41) is 12.1. The van der Waals surface area contributed by atoms with Crippen LogP contribution in [0.5, 0.6) is 0 Å². The minimum Gasteiger partial charge on any atom is -0.480 e. The molecule has 106 valence electrons. The smallest absolute Gasteiger partial charge is 0.317 e. The van der Waals surface area contributed by atoms with Crippen molar-refractivity contribution < 1.29 is 9.90 Å². The van der Waals surface area contributed by atoms with Crippen molar-refractivity contribution in [3.05, 3.63) is 16.1 Å². The molecule has 5 heteroatoms. The zero-order valence-corrected chi connectivity index (χ0v) is 12.7. The lowest BCUT2D eigenvalue weighted by molar-refractivity contribution is -0.138. The van der Waals surface area contributed by atoms with Crippen molar-refractivity contribution in [1.29, 1.82) is 0 Å². The van der Waals surface area contributed by atoms with E-state index in [2.05, 4.69) is 31.1 Å². The van der Waals surface area contributed by atoms with Gasteiger partial charge in [-0.3, -0.25) is 9.69 Å². The topological polar surface area (TPSA) is 53.4 Å². The number of aromatic nitrogens is 1. The van der Waals surface area contributed by atoms with E-state index < -0.39 is 5.97 Å². The summed E-state index contributed by atoms with van der Waals surface area (Å²) in [6, 6.07) is 0. The minimum absolute atomic E-state index is 0.0665. The first-order valence-electron chi connectivity index (χ1n) is 6.73. The highest BCUT2D eigenvalue weighted by Gasteiger charge is 2.26. The normalized spacial score (nSPS) is 16.0. The zero-order valence-electron chi connectivity index (χ0n) is 11.8. The van der Waals surface area contributed by atoms with Gasteiger partial charge in [0.15, 0.2) is 0 Å². The van der Waals surface area contributed by atoms with Crippen molar-refractivity contribution in [3.63, 3.8) is 0 Å². The number of thiazole rings is 1. The lowest BCUT2D eigenvalue weighted by Crippen LogP contribution is -2.31. The van der Waals surface area contributed by atoms with E-state index in [1.807, 2.05) is 4.90 Å². The first-order valence-corrected chi connectivity index (χ1v) is 7.61. The van der Waals surface area contributed by atoms with Crippen molar-refractivity contribution in [1.82, 2.24) is 9.88 Å². The fourth-order valence-corrected chi connectivity index (χ4v) is 2.89. The molecule has 1 fully saturated rings. The third kappa shape index (κ3) is 4.58. The number of aliphatic carboxylic acids is 1. The number of carboxylic acid groups (broad SMARTS) is 1. The number of hydrogen-bond donors (Lipinski definition) is 1. The quantitative estimate of drug-likeness (QED) is 0.871. The molecule has 0 bridgehead atoms. The van der Waals surface area contributed by atoms with Gasteiger partial charge in [-0.1, -0.05) is 20.8 Å². The van der Waals surface area contributed by atoms with Gasteiger partial charge in [0.2, 0.25) is 0 Å². The van der Waals surface area contributed by atoms with Crippen LogP contribution in [0.3, 0.4) is 0 Å². The molecule has 1 N–H and O–H groups in total. The van der Waals surface area contributed by atoms with Crippen molar-refractivity contribution >= 4 is 17.3 Å². The van der Waals surface area contributed by atoms with Crippen LogP contribution >= 0.6 is 11.3 Å². The van der Waals surface area contributed by atoms with Crippen LogP contribution in [0.4, 0.5) is 0 Å². The number of rotatable bonds is 6. The molecule has 1 aliphatic carbocycles. The van der Waals surface area contributed by atoms with Crippen molar-refractivity contribution in [2.45, 2.75) is 45.6 Å². The molecular formula is C14H22N2O2S. The van der Waals surface area contributed by atoms with E-state index in [9.17, 15) is 4.79 Å². The molecule has 0 unspecified atom stereocenters. The Morgan fingerprint density at radius 1 is 1.53 bits per heavy atom. The predicted octanol–water partition coefficient (Wildman–Crippen LogP) is 2.74. The summed E-state index contributed by atoms with van der Waals surface area (Å²) in [5.41, 5.74) is 1.06. The highest BCUT2D eigenvalue weighted by molar-refractivity contribution is 7.09. The molecule has 19 heavy (non-hydrogen) atoms. The molecule has 0 atom stereocenters. The molecule has 0 aliphatic heterocycles. The molecule has 0 radical (unpaired) electrons. The Hall–Kier alpha value is -0.940. The van der Waals surface area contributed by atoms with Gasteiger partial charge in [0.05, 0.1) is 17.2 Å². The number of carbonyl (C=O) groups is 1. The molecule has 2 rings (SSSR count). The van der Waals surface area contributed by atoms with Gasteiger partial charge in [0, 0.05) is 23.9 Å². The Labute approximate surface area is 118 Å². The van der Waals surface area contributed by atoms with E-state index in [1.165, 1.54) is 12.8 Å². The van der Waals surface area contributed by atoms with Gasteiger partial charge >= 0.3 is 5.97 Å². The fourth-order valence-electron chi connectivity index (χ4n) is 2.00. The summed E-state index contributed by atoms with van der Waals surface area (Å²) < 4.78 is 0. The summed E-state index contributed by atoms with van der Waals surface area (Å²) in [6.45, 7) is 8.08. The molecule has 1 saturated carbocycles. The van der Waals surface area contributed by atoms with Crippen molar-refractivity contribution in [3.8, 4) is 0 Å². The van der Waals surface area contributed by atoms with E-state index >= 15 is 0 Å². The third-order valence-corrected chi connectivity index (χ3v) is 4.47. The summed E-state index contributed by atoms with van der Waals surface area (Å²) in [6.07, 6.45) is 2.47. The van der Waals surface area contributed by atoms with Gasteiger partial charge in [0.25, 0.3) is 0 Å². The standard InChI is InChI=1S/C14H22N2O2S/c1-14(2,3)13-15-11(9-19-13)7-16(8-12(17)18)6-10-4-5-10/h9-10H,4-8H2,1-3H3,(H,17,18). The lowest BCUT2D eigenvalue weighted by atomic mass is 9.98. The van der Waals surface area contributed by atoms with Crippen LogP contribution in [-0.2, 0) is 16.8 Å². The number of nitrogens with zero attached hydrogens (tertiary/aromatic N) is 2. The first kappa shape index (κ1) is 14.5. The Balaban J connectivity index is 1.99. The summed E-state index contributed by atoms with van der Waals surface area (Å²) in [7, 11) is 0. The maximum atomic E-state index is 10.9. The van der Waals surface area contributed by atoms with Crippen LogP contribution in [-0.4, -0.2) is 34.0 Å². The molecule has 1 aromatic rings. The second-order valence-electron chi connectivity index (χ2n) is 6.40. The highest BCUT2D eigenvalue weighted by atomic mass is 32.1. The molecule has 0 amide bonds. The van der Waals surface area contributed by atoms with Crippen LogP contribution in [0.15, 0.2) is 5.38 Å². The number of carboxylic acids is 1. The minimum atomic E-state index is -0.757. The molecule has 1 heterocycles. The Kier molecular flexibility index (Phi) is 4.26. The first-order chi connectivity index (χ1) is 8.84. The maximum absolute atomic E-state index is 10.9. The predicted molar refractivity (Wildman–Crippen MR) is 76.5 cm³/mol. The molecule has 0 aromatic carbocycles. The summed E-state index contributed by atoms with van der Waals surface area (Å²) in [4.78, 5) is 17.5. The SMILES string of the molecule is CC(C)(C)c1nc(CN(CC(=O)O)CC2CC2)cs1. The van der Waals surface area contributed by atoms with E-state index in [1.54, 1.807) is 11.3 Å². The second-order valence-corrected chi connectivity index (χ2v) is 7.26. The van der Waals surface area contributed by atoms with E-state index in [0.717, 1.165) is 17.2 Å². The second kappa shape index (κ2) is 5.59. The Morgan fingerprint density at radius 3 is 2.68 bits per heavy atom. The highest BCUT2D eigenvalue weighted by Crippen LogP contribution is 2.30. The Bertz CT molecular complexity index is 447. The Morgan fingerprint density at radius 2 is 2.21 bits per heavy atom. The molecule has 4 nitrogen and oxygen atoms in total. The summed E-state index contributed by atoms with van der Waals surface area (Å²) in [5.74, 6) is -0.0630. The molecule has 0 saturated heterocycles. The fraction of sp³-hybridized carbons (Fsp3) is 0.714. The van der Waals surface area contributed by atoms with E-state index in [0.29, 0.717) is 12.5 Å². The van der Waals surface area contributed by atoms with Crippen molar-refractivity contribution in [2.75, 3.05) is 13.1 Å². The average molecular weight is 282 g/mol. The third-order valence-electron chi connectivity index (χ3n) is 3.15. The largest absolute Gasteiger partial charge is 0.480 e. The molecule has 1 aliphatic rings. The monoisotopic (exact) mass is 282 g/mol. The van der Waals surface area contributed by atoms with Crippen LogP contribution in [0.2, 0.25) is 0 Å². The van der Waals surface area contributed by atoms with E-state index in [4.69, 9.17) is 5.11 Å². The van der Waals surface area contributed by atoms with Crippen LogP contribution in [0, 0.1) is 5.92 Å². The van der Waals surface area contributed by atoms with Gasteiger partial charge in [0.1, 0.15) is 0 Å². The molecular weight excluding hydrogens is 260 g/mol. The van der Waals surface area contributed by atoms with Crippen LogP contribution < -0.4 is 0 Å². The van der Waals surface area contributed by atoms with Gasteiger partial charge in [-0.15, -0.1) is 11.3 Å². The van der Waals surface area contributed by atoms with Gasteiger partial charge in [-0.2, -0.15) is 0 Å². The summed E-state index contributed by atoms with van der Waals surface area (Å²) >= 11 is 1.67. The van der Waals surface area contributed by atoms with Crippen molar-refractivity contribution in [2.24, 2.45) is 5.92 Å². The molecule has 0 spiro atoms. The number of hydrogen-bond acceptors (Lipinski definition) is 4. The van der Waals surface area contributed by atoms with Gasteiger partial charge in [-0.25, -0.2) is 4.98 Å². The molecule has 1 aromatic heterocycles. The lowest BCUT2D eigenvalue weighted by Gasteiger charge is -2.19. The van der Waals surface area contributed by atoms with Gasteiger partial charge < -0.3 is 5.11 Å². The van der Waals surface area contributed by atoms with Crippen LogP contribution in [0.1, 0.15) is 44.3 Å². The zero-order chi connectivity index (χ0) is 14.0. The van der Waals surface area contributed by atoms with Gasteiger partial charge in [-0.05, 0) is 18.8 Å².